The predicted octanol–water partition coefficient (Wildman–Crippen LogP) is 6.54. The molecule has 3 nitrogen and oxygen atoms in total. The Labute approximate surface area is 171 Å². The molecule has 0 saturated heterocycles. The van der Waals surface area contributed by atoms with E-state index in [4.69, 9.17) is 27.6 Å². The van der Waals surface area contributed by atoms with Crippen LogP contribution in [0.5, 0.6) is 0 Å². The number of aliphatic hydroxyl groups is 1. The summed E-state index contributed by atoms with van der Waals surface area (Å²) < 4.78 is 20.4. The van der Waals surface area contributed by atoms with E-state index in [0.29, 0.717) is 33.0 Å². The number of furan rings is 1. The number of aliphatic hydroxyl groups excluding tert-OH is 1. The van der Waals surface area contributed by atoms with E-state index in [1.54, 1.807) is 60.9 Å². The van der Waals surface area contributed by atoms with Gasteiger partial charge in [-0.05, 0) is 48.5 Å². The van der Waals surface area contributed by atoms with E-state index in [9.17, 15) is 9.50 Å². The Kier molecular flexibility index (Phi) is 5.18. The third kappa shape index (κ3) is 3.54. The second kappa shape index (κ2) is 7.76. The van der Waals surface area contributed by atoms with Gasteiger partial charge in [0.05, 0.1) is 6.26 Å². The van der Waals surface area contributed by atoms with Crippen molar-refractivity contribution in [3.05, 3.63) is 100 Å². The van der Waals surface area contributed by atoms with Gasteiger partial charge in [0.15, 0.2) is 0 Å². The second-order valence-corrected chi connectivity index (χ2v) is 7.09. The molecule has 2 aromatic heterocycles. The number of halogens is 3. The van der Waals surface area contributed by atoms with Gasteiger partial charge in [-0.2, -0.15) is 0 Å². The van der Waals surface area contributed by atoms with Gasteiger partial charge in [0.2, 0.25) is 0 Å². The van der Waals surface area contributed by atoms with Gasteiger partial charge in [-0.1, -0.05) is 29.3 Å². The second-order valence-electron chi connectivity index (χ2n) is 6.21. The quantitative estimate of drug-likeness (QED) is 0.413. The number of hydrogen-bond donors (Lipinski definition) is 1. The molecule has 0 amide bonds. The summed E-state index contributed by atoms with van der Waals surface area (Å²) in [6.45, 7) is 0. The van der Waals surface area contributed by atoms with Gasteiger partial charge in [0.25, 0.3) is 0 Å². The third-order valence-electron chi connectivity index (χ3n) is 4.43. The van der Waals surface area contributed by atoms with E-state index >= 15 is 0 Å². The average Bonchev–Trinajstić information content (AvgIpc) is 3.13. The molecule has 6 heteroatoms. The first-order valence-corrected chi connectivity index (χ1v) is 9.21. The smallest absolute Gasteiger partial charge is 0.140 e. The molecule has 1 atom stereocenters. The van der Waals surface area contributed by atoms with Crippen molar-refractivity contribution < 1.29 is 13.9 Å². The van der Waals surface area contributed by atoms with Crippen molar-refractivity contribution >= 4 is 23.2 Å². The number of benzene rings is 2. The maximum atomic E-state index is 14.6. The van der Waals surface area contributed by atoms with Crippen LogP contribution in [0.25, 0.3) is 22.5 Å². The molecule has 0 aliphatic heterocycles. The Bertz CT molecular complexity index is 1110. The fourth-order valence-corrected chi connectivity index (χ4v) is 3.37. The Morgan fingerprint density at radius 3 is 2.39 bits per heavy atom. The van der Waals surface area contributed by atoms with Crippen molar-refractivity contribution in [2.45, 2.75) is 6.10 Å². The molecule has 0 radical (unpaired) electrons. The van der Waals surface area contributed by atoms with Crippen LogP contribution in [0.15, 0.2) is 77.7 Å². The molecule has 140 valence electrons. The maximum Gasteiger partial charge on any atom is 0.140 e. The van der Waals surface area contributed by atoms with Crippen molar-refractivity contribution in [2.24, 2.45) is 0 Å². The molecular formula is C22H14Cl2FNO2. The number of nitrogens with zero attached hydrogens (tertiary/aromatic N) is 1. The third-order valence-corrected chi connectivity index (χ3v) is 4.92. The summed E-state index contributed by atoms with van der Waals surface area (Å²) >= 11 is 11.9. The molecule has 4 rings (SSSR count). The first kappa shape index (κ1) is 18.7. The highest BCUT2D eigenvalue weighted by molar-refractivity contribution is 6.31. The molecule has 0 fully saturated rings. The predicted molar refractivity (Wildman–Crippen MR) is 108 cm³/mol. The Morgan fingerprint density at radius 1 is 0.964 bits per heavy atom. The van der Waals surface area contributed by atoms with E-state index in [-0.39, 0.29) is 10.6 Å². The van der Waals surface area contributed by atoms with Crippen molar-refractivity contribution in [3.8, 4) is 22.5 Å². The molecule has 0 aliphatic rings. The molecule has 0 saturated carbocycles. The van der Waals surface area contributed by atoms with Crippen LogP contribution in [0.4, 0.5) is 4.39 Å². The summed E-state index contributed by atoms with van der Waals surface area (Å²) in [7, 11) is 0. The van der Waals surface area contributed by atoms with Crippen molar-refractivity contribution in [2.75, 3.05) is 0 Å². The molecule has 2 aromatic carbocycles. The zero-order valence-corrected chi connectivity index (χ0v) is 16.0. The van der Waals surface area contributed by atoms with Crippen LogP contribution in [-0.4, -0.2) is 10.1 Å². The van der Waals surface area contributed by atoms with Gasteiger partial charge in [-0.15, -0.1) is 0 Å². The van der Waals surface area contributed by atoms with Crippen LogP contribution in [-0.2, 0) is 0 Å². The van der Waals surface area contributed by atoms with Gasteiger partial charge in [0, 0.05) is 50.3 Å². The summed E-state index contributed by atoms with van der Waals surface area (Å²) in [5, 5.41) is 12.0. The van der Waals surface area contributed by atoms with E-state index < -0.39 is 11.9 Å². The largest absolute Gasteiger partial charge is 0.463 e. The molecule has 28 heavy (non-hydrogen) atoms. The van der Waals surface area contributed by atoms with E-state index in [2.05, 4.69) is 4.98 Å². The highest BCUT2D eigenvalue weighted by Gasteiger charge is 2.26. The molecule has 4 aromatic rings. The van der Waals surface area contributed by atoms with Gasteiger partial charge in [-0.25, -0.2) is 4.39 Å². The van der Waals surface area contributed by atoms with Crippen LogP contribution in [0.1, 0.15) is 17.2 Å². The minimum atomic E-state index is -1.07. The summed E-state index contributed by atoms with van der Waals surface area (Å²) in [5.74, 6) is -0.0760. The first-order valence-electron chi connectivity index (χ1n) is 8.45. The molecule has 2 heterocycles. The zero-order valence-electron chi connectivity index (χ0n) is 14.4. The monoisotopic (exact) mass is 413 g/mol. The summed E-state index contributed by atoms with van der Waals surface area (Å²) in [4.78, 5) is 4.06. The number of aromatic nitrogens is 1. The summed E-state index contributed by atoms with van der Waals surface area (Å²) in [6, 6.07) is 14.9. The normalized spacial score (nSPS) is 12.1. The van der Waals surface area contributed by atoms with Crippen LogP contribution >= 0.6 is 23.2 Å². The lowest BCUT2D eigenvalue weighted by Crippen LogP contribution is -2.03. The highest BCUT2D eigenvalue weighted by Crippen LogP contribution is 2.41. The van der Waals surface area contributed by atoms with E-state index in [1.807, 2.05) is 0 Å². The average molecular weight is 414 g/mol. The molecule has 1 N–H and O–H groups in total. The molecular weight excluding hydrogens is 400 g/mol. The van der Waals surface area contributed by atoms with E-state index in [0.717, 1.165) is 0 Å². The minimum absolute atomic E-state index is 0.284. The summed E-state index contributed by atoms with van der Waals surface area (Å²) in [6.07, 6.45) is 3.55. The molecule has 0 aliphatic carbocycles. The van der Waals surface area contributed by atoms with Crippen LogP contribution in [0, 0.1) is 5.82 Å². The standard InChI is InChI=1S/C22H14Cl2FNO2/c23-15-5-3-13(4-6-15)22-20(21(27)14-2-1-9-26-11-14)18(12-28-22)17-8-7-16(24)10-19(17)25/h1-12,21,27H/t21-/m1/s1. The van der Waals surface area contributed by atoms with Crippen LogP contribution in [0.2, 0.25) is 10.0 Å². The Balaban J connectivity index is 1.93. The van der Waals surface area contributed by atoms with E-state index in [1.165, 1.54) is 12.3 Å². The lowest BCUT2D eigenvalue weighted by atomic mass is 9.93. The van der Waals surface area contributed by atoms with Gasteiger partial charge in [0.1, 0.15) is 17.7 Å². The van der Waals surface area contributed by atoms with Gasteiger partial charge in [-0.3, -0.25) is 4.98 Å². The number of rotatable bonds is 4. The van der Waals surface area contributed by atoms with Crippen molar-refractivity contribution in [1.29, 1.82) is 0 Å². The first-order chi connectivity index (χ1) is 13.5. The van der Waals surface area contributed by atoms with Crippen molar-refractivity contribution in [3.63, 3.8) is 0 Å². The fraction of sp³-hybridized carbons (Fsp3) is 0.0455. The molecule has 0 unspecified atom stereocenters. The number of pyridine rings is 1. The molecule has 0 spiro atoms. The topological polar surface area (TPSA) is 46.3 Å². The number of hydrogen-bond acceptors (Lipinski definition) is 3. The lowest BCUT2D eigenvalue weighted by Gasteiger charge is -2.14. The molecule has 0 bridgehead atoms. The Morgan fingerprint density at radius 2 is 1.71 bits per heavy atom. The maximum absolute atomic E-state index is 14.6. The minimum Gasteiger partial charge on any atom is -0.463 e. The SMILES string of the molecule is O[C@H](c1cccnc1)c1c(-c2ccc(Cl)cc2F)coc1-c1ccc(Cl)cc1. The fourth-order valence-electron chi connectivity index (χ4n) is 3.08. The Hall–Kier alpha value is -2.66. The van der Waals surface area contributed by atoms with Crippen LogP contribution < -0.4 is 0 Å². The highest BCUT2D eigenvalue weighted by atomic mass is 35.5. The van der Waals surface area contributed by atoms with Crippen molar-refractivity contribution in [1.82, 2.24) is 4.98 Å². The van der Waals surface area contributed by atoms with Gasteiger partial charge >= 0.3 is 0 Å². The van der Waals surface area contributed by atoms with Gasteiger partial charge < -0.3 is 9.52 Å². The zero-order chi connectivity index (χ0) is 19.7. The van der Waals surface area contributed by atoms with Crippen LogP contribution in [0.3, 0.4) is 0 Å². The summed E-state index contributed by atoms with van der Waals surface area (Å²) in [5.41, 5.74) is 2.44. The lowest BCUT2D eigenvalue weighted by molar-refractivity contribution is 0.220.